The monoisotopic (exact) mass is 240 g/mol. The van der Waals surface area contributed by atoms with E-state index in [-0.39, 0.29) is 0 Å². The number of aromatic nitrogens is 1. The van der Waals surface area contributed by atoms with Gasteiger partial charge in [-0.15, -0.1) is 0 Å². The largest absolute Gasteiger partial charge is 0.317 e. The Morgan fingerprint density at radius 3 is 2.56 bits per heavy atom. The predicted molar refractivity (Wildman–Crippen MR) is 75.8 cm³/mol. The zero-order chi connectivity index (χ0) is 12.4. The van der Waals surface area contributed by atoms with Crippen molar-refractivity contribution in [2.75, 3.05) is 7.05 Å². The van der Waals surface area contributed by atoms with Gasteiger partial charge >= 0.3 is 0 Å². The fourth-order valence-electron chi connectivity index (χ4n) is 2.99. The van der Waals surface area contributed by atoms with Crippen LogP contribution in [0.3, 0.4) is 0 Å². The van der Waals surface area contributed by atoms with Crippen molar-refractivity contribution in [3.05, 3.63) is 42.1 Å². The molecule has 2 aromatic rings. The summed E-state index contributed by atoms with van der Waals surface area (Å²) in [5, 5.41) is 4.63. The van der Waals surface area contributed by atoms with E-state index in [0.717, 1.165) is 5.52 Å². The Labute approximate surface area is 108 Å². The van der Waals surface area contributed by atoms with Gasteiger partial charge in [-0.2, -0.15) is 0 Å². The number of pyridine rings is 1. The normalized spacial score (nSPS) is 24.3. The van der Waals surface area contributed by atoms with Gasteiger partial charge in [0.05, 0.1) is 5.52 Å². The number of hydrogen-bond donors (Lipinski definition) is 1. The molecule has 0 unspecified atom stereocenters. The van der Waals surface area contributed by atoms with Crippen LogP contribution in [0.15, 0.2) is 36.4 Å². The number of nitrogens with one attached hydrogen (secondary N) is 1. The maximum atomic E-state index is 4.83. The Bertz CT molecular complexity index is 527. The molecular formula is C16H20N2. The molecule has 0 spiro atoms. The highest BCUT2D eigenvalue weighted by Gasteiger charge is 2.22. The molecule has 1 aliphatic carbocycles. The lowest BCUT2D eigenvalue weighted by molar-refractivity contribution is 0.355. The van der Waals surface area contributed by atoms with E-state index in [1.807, 2.05) is 0 Å². The molecule has 0 bridgehead atoms. The number of hydrogen-bond acceptors (Lipinski definition) is 2. The van der Waals surface area contributed by atoms with Gasteiger partial charge in [0, 0.05) is 23.0 Å². The van der Waals surface area contributed by atoms with Crippen LogP contribution in [0.1, 0.15) is 37.3 Å². The van der Waals surface area contributed by atoms with Crippen LogP contribution in [0, 0.1) is 0 Å². The van der Waals surface area contributed by atoms with E-state index < -0.39 is 0 Å². The second-order valence-electron chi connectivity index (χ2n) is 5.27. The molecule has 1 saturated carbocycles. The van der Waals surface area contributed by atoms with Gasteiger partial charge in [0.25, 0.3) is 0 Å². The topological polar surface area (TPSA) is 24.9 Å². The summed E-state index contributed by atoms with van der Waals surface area (Å²) in [5.74, 6) is 0.652. The summed E-state index contributed by atoms with van der Waals surface area (Å²) in [4.78, 5) is 4.83. The smallest absolute Gasteiger partial charge is 0.0705 e. The molecule has 18 heavy (non-hydrogen) atoms. The van der Waals surface area contributed by atoms with E-state index in [1.165, 1.54) is 36.8 Å². The van der Waals surface area contributed by atoms with E-state index in [0.29, 0.717) is 12.0 Å². The van der Waals surface area contributed by atoms with Gasteiger partial charge < -0.3 is 5.32 Å². The van der Waals surface area contributed by atoms with Gasteiger partial charge in [0.2, 0.25) is 0 Å². The molecule has 3 rings (SSSR count). The van der Waals surface area contributed by atoms with Crippen LogP contribution in [0.5, 0.6) is 0 Å². The maximum Gasteiger partial charge on any atom is 0.0705 e. The third kappa shape index (κ3) is 2.25. The number of fused-ring (bicyclic) bond motifs is 1. The number of nitrogens with zero attached hydrogens (tertiary/aromatic N) is 1. The molecule has 0 saturated heterocycles. The van der Waals surface area contributed by atoms with Crippen LogP contribution in [-0.2, 0) is 0 Å². The lowest BCUT2D eigenvalue weighted by Crippen LogP contribution is -2.29. The van der Waals surface area contributed by atoms with Crippen molar-refractivity contribution in [2.45, 2.75) is 37.6 Å². The van der Waals surface area contributed by atoms with Crippen LogP contribution < -0.4 is 5.32 Å². The van der Waals surface area contributed by atoms with Crippen LogP contribution in [0.2, 0.25) is 0 Å². The summed E-state index contributed by atoms with van der Waals surface area (Å²) in [6, 6.07) is 13.5. The van der Waals surface area contributed by atoms with Gasteiger partial charge in [-0.1, -0.05) is 24.3 Å². The molecule has 0 atom stereocenters. The Morgan fingerprint density at radius 2 is 1.78 bits per heavy atom. The zero-order valence-electron chi connectivity index (χ0n) is 10.9. The van der Waals surface area contributed by atoms with E-state index in [9.17, 15) is 0 Å². The highest BCUT2D eigenvalue weighted by molar-refractivity contribution is 5.78. The first-order valence-electron chi connectivity index (χ1n) is 6.90. The summed E-state index contributed by atoms with van der Waals surface area (Å²) in [7, 11) is 2.07. The van der Waals surface area contributed by atoms with Crippen molar-refractivity contribution in [2.24, 2.45) is 0 Å². The second-order valence-corrected chi connectivity index (χ2v) is 5.27. The molecule has 2 heteroatoms. The lowest BCUT2D eigenvalue weighted by Gasteiger charge is -2.27. The third-order valence-electron chi connectivity index (χ3n) is 4.17. The summed E-state index contributed by atoms with van der Waals surface area (Å²) in [5.41, 5.74) is 2.41. The molecule has 94 valence electrons. The molecule has 0 radical (unpaired) electrons. The van der Waals surface area contributed by atoms with Gasteiger partial charge in [-0.25, -0.2) is 0 Å². The molecular weight excluding hydrogens is 220 g/mol. The molecule has 1 fully saturated rings. The van der Waals surface area contributed by atoms with Gasteiger partial charge in [-0.3, -0.25) is 4.98 Å². The Kier molecular flexibility index (Phi) is 3.28. The lowest BCUT2D eigenvalue weighted by atomic mass is 9.84. The molecule has 1 aliphatic rings. The van der Waals surface area contributed by atoms with Crippen LogP contribution in [0.4, 0.5) is 0 Å². The second kappa shape index (κ2) is 5.07. The molecule has 1 heterocycles. The summed E-state index contributed by atoms with van der Waals surface area (Å²) in [6.07, 6.45) is 5.07. The molecule has 0 amide bonds. The Morgan fingerprint density at radius 1 is 1.00 bits per heavy atom. The maximum absolute atomic E-state index is 4.83. The van der Waals surface area contributed by atoms with Crippen molar-refractivity contribution in [3.8, 4) is 0 Å². The molecule has 1 N–H and O–H groups in total. The summed E-state index contributed by atoms with van der Waals surface area (Å²) >= 11 is 0. The minimum absolute atomic E-state index is 0.652. The Hall–Kier alpha value is -1.41. The first kappa shape index (κ1) is 11.7. The highest BCUT2D eigenvalue weighted by Crippen LogP contribution is 2.32. The minimum atomic E-state index is 0.652. The van der Waals surface area contributed by atoms with E-state index in [1.54, 1.807) is 0 Å². The first-order valence-corrected chi connectivity index (χ1v) is 6.90. The number of benzene rings is 1. The Balaban J connectivity index is 1.82. The fourth-order valence-corrected chi connectivity index (χ4v) is 2.99. The first-order chi connectivity index (χ1) is 8.86. The molecule has 1 aromatic carbocycles. The van der Waals surface area contributed by atoms with E-state index in [2.05, 4.69) is 48.8 Å². The van der Waals surface area contributed by atoms with Crippen LogP contribution in [-0.4, -0.2) is 18.1 Å². The zero-order valence-corrected chi connectivity index (χ0v) is 10.9. The molecule has 0 aliphatic heterocycles. The van der Waals surface area contributed by atoms with Crippen LogP contribution in [0.25, 0.3) is 10.9 Å². The third-order valence-corrected chi connectivity index (χ3v) is 4.17. The van der Waals surface area contributed by atoms with Gasteiger partial charge in [-0.05, 0) is 44.9 Å². The quantitative estimate of drug-likeness (QED) is 0.869. The van der Waals surface area contributed by atoms with Crippen molar-refractivity contribution < 1.29 is 0 Å². The van der Waals surface area contributed by atoms with E-state index in [4.69, 9.17) is 4.98 Å². The standard InChI is InChI=1S/C16H20N2/c1-17-14-9-6-13(7-10-14)16-11-8-12-4-2-3-5-15(12)18-16/h2-5,8,11,13-14,17H,6-7,9-10H2,1H3. The van der Waals surface area contributed by atoms with Gasteiger partial charge in [0.15, 0.2) is 0 Å². The minimum Gasteiger partial charge on any atom is -0.317 e. The van der Waals surface area contributed by atoms with Crippen molar-refractivity contribution in [1.82, 2.24) is 10.3 Å². The number of rotatable bonds is 2. The molecule has 1 aromatic heterocycles. The summed E-state index contributed by atoms with van der Waals surface area (Å²) in [6.45, 7) is 0. The van der Waals surface area contributed by atoms with Crippen LogP contribution >= 0.6 is 0 Å². The summed E-state index contributed by atoms with van der Waals surface area (Å²) < 4.78 is 0. The van der Waals surface area contributed by atoms with Crippen molar-refractivity contribution in [1.29, 1.82) is 0 Å². The van der Waals surface area contributed by atoms with Crippen molar-refractivity contribution >= 4 is 10.9 Å². The van der Waals surface area contributed by atoms with Gasteiger partial charge in [0.1, 0.15) is 0 Å². The van der Waals surface area contributed by atoms with E-state index >= 15 is 0 Å². The predicted octanol–water partition coefficient (Wildman–Crippen LogP) is 3.48. The number of para-hydroxylation sites is 1. The average Bonchev–Trinajstić information content (AvgIpc) is 2.47. The SMILES string of the molecule is CNC1CCC(c2ccc3ccccc3n2)CC1. The highest BCUT2D eigenvalue weighted by atomic mass is 14.9. The molecule has 2 nitrogen and oxygen atoms in total. The average molecular weight is 240 g/mol. The van der Waals surface area contributed by atoms with Crippen molar-refractivity contribution in [3.63, 3.8) is 0 Å². The fraction of sp³-hybridized carbons (Fsp3) is 0.438.